The van der Waals surface area contributed by atoms with Gasteiger partial charge in [-0.15, -0.1) is 0 Å². The van der Waals surface area contributed by atoms with Crippen molar-refractivity contribution in [2.45, 2.75) is 45.0 Å². The summed E-state index contributed by atoms with van der Waals surface area (Å²) in [6, 6.07) is 10.7. The number of phenols is 1. The monoisotopic (exact) mass is 432 g/mol. The maximum absolute atomic E-state index is 13.4. The van der Waals surface area contributed by atoms with Gasteiger partial charge in [-0.05, 0) is 43.7 Å². The number of nitrogens with one attached hydrogen (secondary N) is 1. The summed E-state index contributed by atoms with van der Waals surface area (Å²) in [5, 5.41) is 20.4. The van der Waals surface area contributed by atoms with Crippen molar-refractivity contribution in [3.63, 3.8) is 0 Å². The van der Waals surface area contributed by atoms with Crippen molar-refractivity contribution in [1.29, 1.82) is 5.26 Å². The minimum absolute atomic E-state index is 0.120. The molecule has 5 rings (SSSR count). The van der Waals surface area contributed by atoms with E-state index in [9.17, 15) is 15.2 Å². The van der Waals surface area contributed by atoms with Gasteiger partial charge in [0.1, 0.15) is 24.5 Å². The number of carbonyl (C=O) groups is 1. The zero-order valence-corrected chi connectivity index (χ0v) is 18.4. The molecule has 0 amide bonds. The van der Waals surface area contributed by atoms with Crippen LogP contribution in [0.1, 0.15) is 60.4 Å². The van der Waals surface area contributed by atoms with Gasteiger partial charge in [-0.2, -0.15) is 5.26 Å². The van der Waals surface area contributed by atoms with Crippen LogP contribution in [0.4, 0.5) is 0 Å². The number of ether oxygens (including phenoxy) is 3. The summed E-state index contributed by atoms with van der Waals surface area (Å²) >= 11 is 0. The van der Waals surface area contributed by atoms with Crippen molar-refractivity contribution in [1.82, 2.24) is 4.98 Å². The molecule has 1 aromatic heterocycles. The van der Waals surface area contributed by atoms with Gasteiger partial charge in [0.05, 0.1) is 23.3 Å². The standard InChI is InChI=1S/C25H24N2O5/c1-24(2)18-9-14(30-11-15-12-31-25(3,4)32-15)6-8-16(18)22(29)19-17-7-5-13(10-26)21(28)20(17)27-23(19)24/h5-9,15,27-28H,11-12H2,1-4H3/t15-/m0/s1. The molecule has 2 aliphatic rings. The Bertz CT molecular complexity index is 1310. The third-order valence-corrected chi connectivity index (χ3v) is 6.33. The number of aromatic amines is 1. The molecule has 32 heavy (non-hydrogen) atoms. The van der Waals surface area contributed by atoms with Gasteiger partial charge in [-0.25, -0.2) is 0 Å². The first-order valence-electron chi connectivity index (χ1n) is 10.5. The largest absolute Gasteiger partial charge is 0.504 e. The number of fused-ring (bicyclic) bond motifs is 4. The van der Waals surface area contributed by atoms with Crippen molar-refractivity contribution in [3.8, 4) is 17.6 Å². The fourth-order valence-corrected chi connectivity index (χ4v) is 4.67. The van der Waals surface area contributed by atoms with Crippen molar-refractivity contribution in [2.24, 2.45) is 0 Å². The maximum Gasteiger partial charge on any atom is 0.195 e. The highest BCUT2D eigenvalue weighted by Gasteiger charge is 2.40. The van der Waals surface area contributed by atoms with Gasteiger partial charge in [-0.1, -0.05) is 19.9 Å². The Morgan fingerprint density at radius 1 is 1.25 bits per heavy atom. The molecule has 1 saturated heterocycles. The third kappa shape index (κ3) is 2.99. The first-order valence-corrected chi connectivity index (χ1v) is 10.5. The van der Waals surface area contributed by atoms with Crippen LogP contribution in [-0.4, -0.2) is 41.0 Å². The number of hydrogen-bond donors (Lipinski definition) is 2. The molecule has 2 aromatic carbocycles. The van der Waals surface area contributed by atoms with E-state index in [1.54, 1.807) is 18.2 Å². The minimum atomic E-state index is -0.610. The highest BCUT2D eigenvalue weighted by atomic mass is 16.7. The van der Waals surface area contributed by atoms with Crippen molar-refractivity contribution >= 4 is 16.7 Å². The van der Waals surface area contributed by atoms with Crippen LogP contribution in [-0.2, 0) is 14.9 Å². The average molecular weight is 432 g/mol. The second kappa shape index (κ2) is 6.83. The molecule has 1 aliphatic carbocycles. The molecule has 0 radical (unpaired) electrons. The molecule has 0 unspecified atom stereocenters. The number of ketones is 1. The van der Waals surface area contributed by atoms with Crippen molar-refractivity contribution < 1.29 is 24.1 Å². The summed E-state index contributed by atoms with van der Waals surface area (Å²) in [5.41, 5.74) is 2.69. The lowest BCUT2D eigenvalue weighted by atomic mass is 9.71. The molecule has 7 heteroatoms. The molecule has 3 aromatic rings. The average Bonchev–Trinajstić information content (AvgIpc) is 3.32. The quantitative estimate of drug-likeness (QED) is 0.644. The Labute approximate surface area is 185 Å². The first kappa shape index (κ1) is 20.6. The molecule has 1 aliphatic heterocycles. The van der Waals surface area contributed by atoms with Gasteiger partial charge in [0.15, 0.2) is 17.3 Å². The summed E-state index contributed by atoms with van der Waals surface area (Å²) < 4.78 is 17.4. The second-order valence-corrected chi connectivity index (χ2v) is 9.29. The zero-order valence-electron chi connectivity index (χ0n) is 18.4. The molecule has 2 heterocycles. The van der Waals surface area contributed by atoms with E-state index in [4.69, 9.17) is 14.2 Å². The van der Waals surface area contributed by atoms with Crippen LogP contribution in [0.5, 0.6) is 11.5 Å². The van der Waals surface area contributed by atoms with E-state index in [2.05, 4.69) is 4.98 Å². The van der Waals surface area contributed by atoms with Gasteiger partial charge in [-0.3, -0.25) is 4.79 Å². The lowest BCUT2D eigenvalue weighted by Crippen LogP contribution is -2.30. The number of H-pyrrole nitrogens is 1. The van der Waals surface area contributed by atoms with Crippen LogP contribution < -0.4 is 4.74 Å². The van der Waals surface area contributed by atoms with Crippen molar-refractivity contribution in [3.05, 3.63) is 58.3 Å². The summed E-state index contributed by atoms with van der Waals surface area (Å²) in [6.07, 6.45) is -0.159. The summed E-state index contributed by atoms with van der Waals surface area (Å²) in [5.74, 6) is -0.225. The Kier molecular flexibility index (Phi) is 4.39. The van der Waals surface area contributed by atoms with E-state index >= 15 is 0 Å². The Morgan fingerprint density at radius 2 is 2.03 bits per heavy atom. The third-order valence-electron chi connectivity index (χ3n) is 6.33. The Morgan fingerprint density at radius 3 is 2.72 bits per heavy atom. The fraction of sp³-hybridized carbons (Fsp3) is 0.360. The van der Waals surface area contributed by atoms with E-state index in [0.29, 0.717) is 46.7 Å². The van der Waals surface area contributed by atoms with E-state index in [1.165, 1.54) is 6.07 Å². The van der Waals surface area contributed by atoms with Gasteiger partial charge < -0.3 is 24.3 Å². The SMILES string of the molecule is CC1(C)OC[C@H](COc2ccc3c(c2)C(C)(C)c2[nH]c4c(O)c(C#N)ccc4c2C3=O)O1. The van der Waals surface area contributed by atoms with Gasteiger partial charge >= 0.3 is 0 Å². The maximum atomic E-state index is 13.4. The van der Waals surface area contributed by atoms with Crippen LogP contribution in [0.3, 0.4) is 0 Å². The van der Waals surface area contributed by atoms with Crippen LogP contribution >= 0.6 is 0 Å². The van der Waals surface area contributed by atoms with Crippen molar-refractivity contribution in [2.75, 3.05) is 13.2 Å². The number of nitrogens with zero attached hydrogens (tertiary/aromatic N) is 1. The highest BCUT2D eigenvalue weighted by molar-refractivity contribution is 6.20. The zero-order chi connectivity index (χ0) is 22.8. The number of benzene rings is 2. The lowest BCUT2D eigenvalue weighted by molar-refractivity contribution is -0.141. The first-order chi connectivity index (χ1) is 15.1. The van der Waals surface area contributed by atoms with Crippen LogP contribution in [0.15, 0.2) is 30.3 Å². The molecule has 0 saturated carbocycles. The van der Waals surface area contributed by atoms with Gasteiger partial charge in [0.25, 0.3) is 0 Å². The van der Waals surface area contributed by atoms with Crippen LogP contribution in [0, 0.1) is 11.3 Å². The molecular weight excluding hydrogens is 408 g/mol. The van der Waals surface area contributed by atoms with E-state index in [1.807, 2.05) is 39.8 Å². The van der Waals surface area contributed by atoms with E-state index in [0.717, 1.165) is 5.56 Å². The number of aromatic nitrogens is 1. The molecule has 1 atom stereocenters. The number of hydrogen-bond acceptors (Lipinski definition) is 6. The number of aromatic hydroxyl groups is 1. The molecule has 0 spiro atoms. The lowest BCUT2D eigenvalue weighted by Gasteiger charge is -2.32. The van der Waals surface area contributed by atoms with Gasteiger partial charge in [0, 0.05) is 22.1 Å². The summed E-state index contributed by atoms with van der Waals surface area (Å²) in [6.45, 7) is 8.60. The number of phenolic OH excluding ortho intramolecular Hbond substituents is 1. The normalized spacial score (nSPS) is 20.6. The van der Waals surface area contributed by atoms with Crippen LogP contribution in [0.2, 0.25) is 0 Å². The number of nitriles is 1. The minimum Gasteiger partial charge on any atom is -0.504 e. The smallest absolute Gasteiger partial charge is 0.195 e. The fourth-order valence-electron chi connectivity index (χ4n) is 4.67. The van der Waals surface area contributed by atoms with Gasteiger partial charge in [0.2, 0.25) is 0 Å². The molecule has 0 bridgehead atoms. The van der Waals surface area contributed by atoms with Crippen LogP contribution in [0.25, 0.3) is 10.9 Å². The number of carbonyl (C=O) groups excluding carboxylic acids is 1. The predicted octanol–water partition coefficient (Wildman–Crippen LogP) is 4.15. The topological polar surface area (TPSA) is 105 Å². The predicted molar refractivity (Wildman–Crippen MR) is 117 cm³/mol. The Hall–Kier alpha value is -3.34. The highest BCUT2D eigenvalue weighted by Crippen LogP contribution is 2.46. The molecule has 164 valence electrons. The molecule has 7 nitrogen and oxygen atoms in total. The second-order valence-electron chi connectivity index (χ2n) is 9.29. The summed E-state index contributed by atoms with van der Waals surface area (Å²) in [7, 11) is 0. The molecule has 2 N–H and O–H groups in total. The van der Waals surface area contributed by atoms with E-state index < -0.39 is 11.2 Å². The molecule has 1 fully saturated rings. The Balaban J connectivity index is 1.53. The molecular formula is C25H24N2O5. The summed E-state index contributed by atoms with van der Waals surface area (Å²) in [4.78, 5) is 16.7. The van der Waals surface area contributed by atoms with E-state index in [-0.39, 0.29) is 23.2 Å². The number of rotatable bonds is 3.